The van der Waals surface area contributed by atoms with E-state index in [1.165, 1.54) is 0 Å². The second-order valence-electron chi connectivity index (χ2n) is 6.13. The molecule has 112 valence electrons. The molecule has 0 amide bonds. The summed E-state index contributed by atoms with van der Waals surface area (Å²) in [7, 11) is 2.11. The van der Waals surface area contributed by atoms with Crippen molar-refractivity contribution in [3.8, 4) is 0 Å². The monoisotopic (exact) mass is 304 g/mol. The fraction of sp³-hybridized carbons (Fsp3) is 0.562. The lowest BCUT2D eigenvalue weighted by molar-refractivity contribution is -0.153. The van der Waals surface area contributed by atoms with Gasteiger partial charge in [0.05, 0.1) is 12.0 Å². The third-order valence-electron chi connectivity index (χ3n) is 4.84. The van der Waals surface area contributed by atoms with Gasteiger partial charge >= 0.3 is 5.97 Å². The summed E-state index contributed by atoms with van der Waals surface area (Å²) in [5, 5.41) is 0.847. The van der Waals surface area contributed by atoms with Gasteiger partial charge in [-0.25, -0.2) is 0 Å². The molecular weight excluding hydrogens is 283 g/mol. The molecule has 0 aliphatic carbocycles. The Kier molecular flexibility index (Phi) is 4.06. The Bertz CT molecular complexity index is 524. The van der Waals surface area contributed by atoms with Crippen molar-refractivity contribution in [1.29, 1.82) is 0 Å². The SMILES string of the molecule is B[C@@H]1O[C@]2(CC(=O)OCc3ccccc3)C(C)S[C@H]1C2C. The first kappa shape index (κ1) is 15.0. The maximum atomic E-state index is 12.2. The number of hydrogen-bond acceptors (Lipinski definition) is 4. The summed E-state index contributed by atoms with van der Waals surface area (Å²) in [4.78, 5) is 12.2. The highest BCUT2D eigenvalue weighted by molar-refractivity contribution is 8.01. The van der Waals surface area contributed by atoms with Gasteiger partial charge in [0.15, 0.2) is 0 Å². The normalized spacial score (nSPS) is 37.6. The Labute approximate surface area is 131 Å². The molecule has 0 saturated carbocycles. The van der Waals surface area contributed by atoms with Crippen LogP contribution in [0.15, 0.2) is 30.3 Å². The average Bonchev–Trinajstić information content (AvgIpc) is 2.84. The highest BCUT2D eigenvalue weighted by Crippen LogP contribution is 2.56. The smallest absolute Gasteiger partial charge is 0.309 e. The number of esters is 1. The van der Waals surface area contributed by atoms with Gasteiger partial charge in [-0.2, -0.15) is 11.8 Å². The van der Waals surface area contributed by atoms with E-state index in [9.17, 15) is 4.79 Å². The molecule has 5 heteroatoms. The van der Waals surface area contributed by atoms with Crippen LogP contribution in [0, 0.1) is 5.92 Å². The summed E-state index contributed by atoms with van der Waals surface area (Å²) in [5.41, 5.74) is 0.673. The maximum Gasteiger partial charge on any atom is 0.309 e. The number of rotatable bonds is 4. The van der Waals surface area contributed by atoms with Gasteiger partial charge in [0, 0.05) is 22.4 Å². The molecule has 5 atom stereocenters. The molecule has 2 aliphatic heterocycles. The Balaban J connectivity index is 1.62. The van der Waals surface area contributed by atoms with E-state index < -0.39 is 0 Å². The van der Waals surface area contributed by atoms with E-state index in [4.69, 9.17) is 9.47 Å². The molecule has 3 rings (SSSR count). The van der Waals surface area contributed by atoms with Crippen LogP contribution in [0.3, 0.4) is 0 Å². The molecule has 2 heterocycles. The first-order chi connectivity index (χ1) is 10.0. The van der Waals surface area contributed by atoms with Crippen molar-refractivity contribution in [3.63, 3.8) is 0 Å². The average molecular weight is 304 g/mol. The van der Waals surface area contributed by atoms with Crippen molar-refractivity contribution in [2.75, 3.05) is 0 Å². The fourth-order valence-electron chi connectivity index (χ4n) is 3.61. The third kappa shape index (κ3) is 2.62. The highest BCUT2D eigenvalue weighted by atomic mass is 32.2. The van der Waals surface area contributed by atoms with Gasteiger partial charge in [0.25, 0.3) is 0 Å². The minimum absolute atomic E-state index is 0.159. The lowest BCUT2D eigenvalue weighted by Crippen LogP contribution is -2.44. The van der Waals surface area contributed by atoms with Crippen LogP contribution < -0.4 is 0 Å². The molecule has 21 heavy (non-hydrogen) atoms. The Morgan fingerprint density at radius 2 is 2.10 bits per heavy atom. The summed E-state index contributed by atoms with van der Waals surface area (Å²) >= 11 is 1.95. The molecular formula is C16H21BO3S. The number of ether oxygens (including phenoxy) is 2. The minimum Gasteiger partial charge on any atom is -0.461 e. The predicted octanol–water partition coefficient (Wildman–Crippen LogP) is 1.99. The number of carbonyl (C=O) groups is 1. The van der Waals surface area contributed by atoms with Crippen LogP contribution in [0.4, 0.5) is 0 Å². The molecule has 0 radical (unpaired) electrons. The summed E-state index contributed by atoms with van der Waals surface area (Å²) in [6.07, 6.45) is 0.357. The number of fused-ring (bicyclic) bond motifs is 2. The molecule has 2 bridgehead atoms. The van der Waals surface area contributed by atoms with E-state index in [0.717, 1.165) is 5.56 Å². The van der Waals surface area contributed by atoms with Crippen LogP contribution in [0.5, 0.6) is 0 Å². The number of hydrogen-bond donors (Lipinski definition) is 0. The van der Waals surface area contributed by atoms with Gasteiger partial charge in [0.2, 0.25) is 0 Å². The Hall–Kier alpha value is -0.935. The van der Waals surface area contributed by atoms with Crippen LogP contribution in [0.2, 0.25) is 0 Å². The zero-order valence-electron chi connectivity index (χ0n) is 12.7. The fourth-order valence-corrected chi connectivity index (χ4v) is 5.41. The van der Waals surface area contributed by atoms with Crippen molar-refractivity contribution < 1.29 is 14.3 Å². The van der Waals surface area contributed by atoms with Crippen molar-refractivity contribution in [2.24, 2.45) is 5.92 Å². The molecule has 0 spiro atoms. The molecule has 0 N–H and O–H groups in total. The van der Waals surface area contributed by atoms with Crippen LogP contribution in [0.25, 0.3) is 0 Å². The van der Waals surface area contributed by atoms with E-state index >= 15 is 0 Å². The van der Waals surface area contributed by atoms with Crippen LogP contribution >= 0.6 is 11.8 Å². The standard InChI is InChI=1S/C16H21BO3S/c1-10-14-15(17)20-16(10,11(2)21-14)8-13(18)19-9-12-6-4-3-5-7-12/h3-7,10-11,14-15H,8-9,17H2,1-2H3/t10?,11?,14-,15+,16-/m0/s1. The van der Waals surface area contributed by atoms with Crippen molar-refractivity contribution in [3.05, 3.63) is 35.9 Å². The number of benzene rings is 1. The topological polar surface area (TPSA) is 35.5 Å². The zero-order chi connectivity index (χ0) is 15.0. The van der Waals surface area contributed by atoms with Gasteiger partial charge in [-0.3, -0.25) is 4.79 Å². The van der Waals surface area contributed by atoms with Crippen LogP contribution in [-0.4, -0.2) is 35.9 Å². The van der Waals surface area contributed by atoms with E-state index in [1.807, 2.05) is 42.1 Å². The molecule has 2 saturated heterocycles. The molecule has 0 aromatic heterocycles. The molecule has 2 unspecified atom stereocenters. The second-order valence-corrected chi connectivity index (χ2v) is 7.66. The predicted molar refractivity (Wildman–Crippen MR) is 87.0 cm³/mol. The minimum atomic E-state index is -0.345. The highest BCUT2D eigenvalue weighted by Gasteiger charge is 2.61. The van der Waals surface area contributed by atoms with Crippen molar-refractivity contribution in [1.82, 2.24) is 0 Å². The van der Waals surface area contributed by atoms with Gasteiger partial charge in [-0.15, -0.1) is 0 Å². The molecule has 2 aliphatic rings. The molecule has 2 fully saturated rings. The lowest BCUT2D eigenvalue weighted by atomic mass is 9.82. The second kappa shape index (κ2) is 5.69. The first-order valence-corrected chi connectivity index (χ1v) is 8.50. The van der Waals surface area contributed by atoms with E-state index in [1.54, 1.807) is 0 Å². The van der Waals surface area contributed by atoms with Crippen molar-refractivity contribution in [2.45, 2.75) is 49.0 Å². The largest absolute Gasteiger partial charge is 0.461 e. The first-order valence-electron chi connectivity index (χ1n) is 7.56. The van der Waals surface area contributed by atoms with E-state index in [0.29, 0.717) is 29.4 Å². The molecule has 1 aromatic carbocycles. The quantitative estimate of drug-likeness (QED) is 0.629. The van der Waals surface area contributed by atoms with Crippen LogP contribution in [0.1, 0.15) is 25.8 Å². The lowest BCUT2D eigenvalue weighted by Gasteiger charge is -2.35. The van der Waals surface area contributed by atoms with Gasteiger partial charge in [-0.1, -0.05) is 44.2 Å². The summed E-state index contributed by atoms with van der Waals surface area (Å²) in [6, 6.07) is 10.0. The summed E-state index contributed by atoms with van der Waals surface area (Å²) in [6.45, 7) is 4.71. The summed E-state index contributed by atoms with van der Waals surface area (Å²) < 4.78 is 11.6. The zero-order valence-corrected chi connectivity index (χ0v) is 13.6. The maximum absolute atomic E-state index is 12.2. The van der Waals surface area contributed by atoms with E-state index in [-0.39, 0.29) is 17.6 Å². The van der Waals surface area contributed by atoms with Gasteiger partial charge in [0.1, 0.15) is 14.5 Å². The summed E-state index contributed by atoms with van der Waals surface area (Å²) in [5.74, 6) is 0.240. The number of thioether (sulfide) groups is 1. The number of carbonyl (C=O) groups excluding carboxylic acids is 1. The Morgan fingerprint density at radius 1 is 1.38 bits per heavy atom. The van der Waals surface area contributed by atoms with E-state index in [2.05, 4.69) is 21.7 Å². The third-order valence-corrected chi connectivity index (χ3v) is 6.76. The molecule has 3 nitrogen and oxygen atoms in total. The van der Waals surface area contributed by atoms with Crippen molar-refractivity contribution >= 4 is 25.6 Å². The van der Waals surface area contributed by atoms with Crippen LogP contribution in [-0.2, 0) is 20.9 Å². The van der Waals surface area contributed by atoms with Gasteiger partial charge in [-0.05, 0) is 5.56 Å². The van der Waals surface area contributed by atoms with Gasteiger partial charge < -0.3 is 9.47 Å². The molecule has 1 aromatic rings. The Morgan fingerprint density at radius 3 is 2.71 bits per heavy atom.